The van der Waals surface area contributed by atoms with Crippen LogP contribution in [0.25, 0.3) is 0 Å². The van der Waals surface area contributed by atoms with Crippen molar-refractivity contribution < 1.29 is 46.6 Å². The topological polar surface area (TPSA) is 123 Å². The molecule has 0 aliphatic carbocycles. The number of halogens is 3. The average molecular weight is 509 g/mol. The summed E-state index contributed by atoms with van der Waals surface area (Å²) in [5, 5.41) is 3.18. The maximum atomic E-state index is 12.8. The zero-order chi connectivity index (χ0) is 26.5. The van der Waals surface area contributed by atoms with Gasteiger partial charge < -0.3 is 19.5 Å². The largest absolute Gasteiger partial charge is 0.493 e. The number of nitrogens with one attached hydrogen (secondary N) is 2. The molecular formula is C23H22F3N3O7. The number of hydrogen-bond donors (Lipinski definition) is 2. The van der Waals surface area contributed by atoms with Crippen LogP contribution in [0, 0.1) is 5.92 Å². The van der Waals surface area contributed by atoms with Crippen molar-refractivity contribution in [2.75, 3.05) is 32.7 Å². The number of anilines is 1. The number of hydrazine groups is 1. The number of carbonyl (C=O) groups is 4. The Bertz CT molecular complexity index is 1170. The van der Waals surface area contributed by atoms with Crippen molar-refractivity contribution in [3.05, 3.63) is 53.6 Å². The lowest BCUT2D eigenvalue weighted by atomic mass is 10.1. The van der Waals surface area contributed by atoms with Gasteiger partial charge in [-0.2, -0.15) is 13.2 Å². The van der Waals surface area contributed by atoms with Gasteiger partial charge in [0.25, 0.3) is 11.8 Å². The Morgan fingerprint density at radius 3 is 2.44 bits per heavy atom. The molecule has 0 spiro atoms. The number of carbonyl (C=O) groups excluding carboxylic acids is 4. The van der Waals surface area contributed by atoms with Gasteiger partial charge in [0.05, 0.1) is 32.2 Å². The van der Waals surface area contributed by atoms with E-state index in [9.17, 15) is 32.3 Å². The highest BCUT2D eigenvalue weighted by atomic mass is 19.4. The molecule has 0 aromatic heterocycles. The molecule has 2 aromatic rings. The molecule has 1 saturated heterocycles. The van der Waals surface area contributed by atoms with Crippen LogP contribution >= 0.6 is 0 Å². The summed E-state index contributed by atoms with van der Waals surface area (Å²) in [7, 11) is 2.84. The Balaban J connectivity index is 1.51. The standard InChI is InChI=1S/C23H22F3N3O7/c1-34-17-7-6-13(8-18(17)35-2)21(32)28-29-11-14(9-20(29)31)22(33)36-12-19(30)27-16-5-3-4-15(10-16)23(24,25)26/h3-8,10,14H,9,11-12H2,1-2H3,(H,27,30)(H,28,32)/t14-/m0/s1. The number of hydrogen-bond acceptors (Lipinski definition) is 7. The smallest absolute Gasteiger partial charge is 0.416 e. The predicted molar refractivity (Wildman–Crippen MR) is 118 cm³/mol. The van der Waals surface area contributed by atoms with Crippen LogP contribution in [-0.4, -0.2) is 56.1 Å². The molecule has 0 radical (unpaired) electrons. The van der Waals surface area contributed by atoms with Crippen molar-refractivity contribution in [3.8, 4) is 11.5 Å². The van der Waals surface area contributed by atoms with Gasteiger partial charge in [0.1, 0.15) is 0 Å². The molecule has 0 unspecified atom stereocenters. The van der Waals surface area contributed by atoms with Gasteiger partial charge in [-0.1, -0.05) is 6.07 Å². The molecule has 1 atom stereocenters. The van der Waals surface area contributed by atoms with Gasteiger partial charge >= 0.3 is 12.1 Å². The fourth-order valence-corrected chi connectivity index (χ4v) is 3.36. The second kappa shape index (κ2) is 11.0. The minimum atomic E-state index is -4.58. The molecule has 1 aliphatic rings. The van der Waals surface area contributed by atoms with Crippen LogP contribution in [0.5, 0.6) is 11.5 Å². The second-order valence-electron chi connectivity index (χ2n) is 7.65. The number of methoxy groups -OCH3 is 2. The van der Waals surface area contributed by atoms with Crippen LogP contribution in [0.15, 0.2) is 42.5 Å². The van der Waals surface area contributed by atoms with Gasteiger partial charge in [-0.3, -0.25) is 29.6 Å². The summed E-state index contributed by atoms with van der Waals surface area (Å²) in [5.74, 6) is -3.13. The fraction of sp³-hybridized carbons (Fsp3) is 0.304. The monoisotopic (exact) mass is 509 g/mol. The number of ether oxygens (including phenoxy) is 3. The molecule has 0 bridgehead atoms. The van der Waals surface area contributed by atoms with E-state index in [1.165, 1.54) is 38.5 Å². The van der Waals surface area contributed by atoms with Crippen molar-refractivity contribution in [1.29, 1.82) is 0 Å². The quantitative estimate of drug-likeness (QED) is 0.524. The summed E-state index contributed by atoms with van der Waals surface area (Å²) in [4.78, 5) is 49.1. The molecule has 1 aliphatic heterocycles. The summed E-state index contributed by atoms with van der Waals surface area (Å²) in [6.45, 7) is -0.955. The molecular weight excluding hydrogens is 487 g/mol. The highest BCUT2D eigenvalue weighted by Gasteiger charge is 2.37. The van der Waals surface area contributed by atoms with Crippen LogP contribution in [0.1, 0.15) is 22.3 Å². The SMILES string of the molecule is COc1ccc(C(=O)NN2C[C@@H](C(=O)OCC(=O)Nc3cccc(C(F)(F)F)c3)CC2=O)cc1OC. The Kier molecular flexibility index (Phi) is 8.02. The first-order valence-electron chi connectivity index (χ1n) is 10.5. The van der Waals surface area contributed by atoms with E-state index < -0.39 is 48.0 Å². The summed E-state index contributed by atoms with van der Waals surface area (Å²) in [5.41, 5.74) is 1.51. The summed E-state index contributed by atoms with van der Waals surface area (Å²) in [6, 6.07) is 8.37. The number of rotatable bonds is 8. The lowest BCUT2D eigenvalue weighted by Crippen LogP contribution is -2.43. The third kappa shape index (κ3) is 6.43. The van der Waals surface area contributed by atoms with Crippen molar-refractivity contribution >= 4 is 29.4 Å². The molecule has 2 N–H and O–H groups in total. The van der Waals surface area contributed by atoms with Crippen molar-refractivity contribution in [1.82, 2.24) is 10.4 Å². The van der Waals surface area contributed by atoms with Crippen molar-refractivity contribution in [2.24, 2.45) is 5.92 Å². The summed E-state index contributed by atoms with van der Waals surface area (Å²) < 4.78 is 53.5. The van der Waals surface area contributed by atoms with Crippen LogP contribution in [-0.2, 0) is 25.3 Å². The first-order chi connectivity index (χ1) is 17.0. The molecule has 13 heteroatoms. The Labute approximate surface area is 203 Å². The van der Waals surface area contributed by atoms with E-state index >= 15 is 0 Å². The average Bonchev–Trinajstić information content (AvgIpc) is 3.21. The van der Waals surface area contributed by atoms with Crippen molar-refractivity contribution in [2.45, 2.75) is 12.6 Å². The zero-order valence-corrected chi connectivity index (χ0v) is 19.2. The van der Waals surface area contributed by atoms with E-state index in [1.807, 2.05) is 0 Å². The second-order valence-corrected chi connectivity index (χ2v) is 7.65. The molecule has 1 heterocycles. The minimum Gasteiger partial charge on any atom is -0.493 e. The molecule has 0 saturated carbocycles. The maximum absolute atomic E-state index is 12.8. The summed E-state index contributed by atoms with van der Waals surface area (Å²) >= 11 is 0. The number of nitrogens with zero attached hydrogens (tertiary/aromatic N) is 1. The molecule has 1 fully saturated rings. The summed E-state index contributed by atoms with van der Waals surface area (Å²) in [6.07, 6.45) is -4.84. The van der Waals surface area contributed by atoms with Crippen LogP contribution in [0.3, 0.4) is 0 Å². The van der Waals surface area contributed by atoms with E-state index in [-0.39, 0.29) is 24.2 Å². The Morgan fingerprint density at radius 1 is 1.06 bits per heavy atom. The van der Waals surface area contributed by atoms with Crippen molar-refractivity contribution in [3.63, 3.8) is 0 Å². The minimum absolute atomic E-state index is 0.119. The van der Waals surface area contributed by atoms with Crippen LogP contribution in [0.2, 0.25) is 0 Å². The first-order valence-corrected chi connectivity index (χ1v) is 10.5. The lowest BCUT2D eigenvalue weighted by molar-refractivity contribution is -0.151. The highest BCUT2D eigenvalue weighted by molar-refractivity contribution is 5.97. The van der Waals surface area contributed by atoms with E-state index in [1.54, 1.807) is 0 Å². The van der Waals surface area contributed by atoms with Gasteiger partial charge in [-0.15, -0.1) is 0 Å². The normalized spacial score (nSPS) is 15.3. The zero-order valence-electron chi connectivity index (χ0n) is 19.2. The fourth-order valence-electron chi connectivity index (χ4n) is 3.36. The number of amides is 3. The molecule has 2 aromatic carbocycles. The van der Waals surface area contributed by atoms with E-state index in [2.05, 4.69) is 10.7 Å². The third-order valence-electron chi connectivity index (χ3n) is 5.16. The highest BCUT2D eigenvalue weighted by Crippen LogP contribution is 2.31. The number of benzene rings is 2. The molecule has 192 valence electrons. The molecule has 36 heavy (non-hydrogen) atoms. The van der Waals surface area contributed by atoms with Gasteiger partial charge in [-0.05, 0) is 36.4 Å². The molecule has 10 nitrogen and oxygen atoms in total. The predicted octanol–water partition coefficient (Wildman–Crippen LogP) is 2.40. The van der Waals surface area contributed by atoms with Gasteiger partial charge in [0, 0.05) is 17.7 Å². The van der Waals surface area contributed by atoms with E-state index in [0.29, 0.717) is 11.5 Å². The van der Waals surface area contributed by atoms with E-state index in [4.69, 9.17) is 14.2 Å². The van der Waals surface area contributed by atoms with Gasteiger partial charge in [0.15, 0.2) is 18.1 Å². The number of esters is 1. The molecule has 3 amide bonds. The Hall–Kier alpha value is -4.29. The lowest BCUT2D eigenvalue weighted by Gasteiger charge is -2.18. The molecule has 3 rings (SSSR count). The Morgan fingerprint density at radius 2 is 1.78 bits per heavy atom. The van der Waals surface area contributed by atoms with Gasteiger partial charge in [-0.25, -0.2) is 0 Å². The third-order valence-corrected chi connectivity index (χ3v) is 5.16. The van der Waals surface area contributed by atoms with E-state index in [0.717, 1.165) is 23.2 Å². The van der Waals surface area contributed by atoms with Crippen LogP contribution in [0.4, 0.5) is 18.9 Å². The number of alkyl halides is 3. The maximum Gasteiger partial charge on any atom is 0.416 e. The first kappa shape index (κ1) is 26.3. The van der Waals surface area contributed by atoms with Crippen LogP contribution < -0.4 is 20.2 Å². The van der Waals surface area contributed by atoms with Gasteiger partial charge in [0.2, 0.25) is 5.91 Å².